The molecule has 0 fully saturated rings. The lowest BCUT2D eigenvalue weighted by molar-refractivity contribution is 0.0737. The van der Waals surface area contributed by atoms with Crippen molar-refractivity contribution in [2.24, 2.45) is 0 Å². The van der Waals surface area contributed by atoms with Gasteiger partial charge in [0.1, 0.15) is 10.6 Å². The molecule has 0 unspecified atom stereocenters. The van der Waals surface area contributed by atoms with Crippen LogP contribution in [0, 0.1) is 0 Å². The first-order valence-corrected chi connectivity index (χ1v) is 12.5. The smallest absolute Gasteiger partial charge is 0.262 e. The number of carbonyl (C=O) groups excluding carboxylic acids is 1. The molecule has 0 atom stereocenters. The molecule has 7 heteroatoms. The van der Waals surface area contributed by atoms with Gasteiger partial charge in [-0.05, 0) is 48.2 Å². The molecule has 5 rings (SSSR count). The van der Waals surface area contributed by atoms with E-state index in [0.717, 1.165) is 39.4 Å². The average Bonchev–Trinajstić information content (AvgIpc) is 3.25. The fourth-order valence-electron chi connectivity index (χ4n) is 4.30. The number of thiophene rings is 1. The summed E-state index contributed by atoms with van der Waals surface area (Å²) in [6, 6.07) is 17.3. The highest BCUT2D eigenvalue weighted by molar-refractivity contribution is 7.18. The fraction of sp³-hybridized carbons (Fsp3) is 0.296. The Hall–Kier alpha value is -3.45. The molecule has 0 aliphatic carbocycles. The van der Waals surface area contributed by atoms with Gasteiger partial charge < -0.3 is 9.64 Å². The predicted octanol–water partition coefficient (Wildman–Crippen LogP) is 4.88. The molecule has 6 nitrogen and oxygen atoms in total. The fourth-order valence-corrected chi connectivity index (χ4v) is 5.49. The highest BCUT2D eigenvalue weighted by atomic mass is 32.1. The third-order valence-electron chi connectivity index (χ3n) is 6.18. The molecular weight excluding hydrogens is 446 g/mol. The van der Waals surface area contributed by atoms with E-state index in [1.165, 1.54) is 11.3 Å². The minimum atomic E-state index is -0.00945. The van der Waals surface area contributed by atoms with Crippen molar-refractivity contribution in [3.8, 4) is 5.75 Å². The van der Waals surface area contributed by atoms with Crippen LogP contribution in [0.2, 0.25) is 0 Å². The van der Waals surface area contributed by atoms with Crippen molar-refractivity contribution in [1.82, 2.24) is 14.5 Å². The van der Waals surface area contributed by atoms with E-state index in [9.17, 15) is 9.59 Å². The molecule has 174 valence electrons. The molecule has 2 aromatic carbocycles. The normalized spacial score (nSPS) is 13.1. The number of unbranched alkanes of at least 4 members (excludes halogenated alkanes) is 1. The maximum absolute atomic E-state index is 13.3. The van der Waals surface area contributed by atoms with E-state index in [0.29, 0.717) is 43.6 Å². The molecule has 34 heavy (non-hydrogen) atoms. The molecule has 0 saturated heterocycles. The van der Waals surface area contributed by atoms with Crippen LogP contribution >= 0.6 is 11.3 Å². The number of rotatable bonds is 7. The molecular formula is C27H27N3O3S. The topological polar surface area (TPSA) is 64.4 Å². The minimum Gasteiger partial charge on any atom is -0.494 e. The second-order valence-corrected chi connectivity index (χ2v) is 9.63. The minimum absolute atomic E-state index is 0.00216. The number of aromatic nitrogens is 2. The van der Waals surface area contributed by atoms with Crippen LogP contribution < -0.4 is 10.3 Å². The van der Waals surface area contributed by atoms with Crippen LogP contribution in [0.5, 0.6) is 5.75 Å². The first-order chi connectivity index (χ1) is 16.6. The van der Waals surface area contributed by atoms with Gasteiger partial charge in [0, 0.05) is 17.0 Å². The summed E-state index contributed by atoms with van der Waals surface area (Å²) in [5.74, 6) is 0.783. The zero-order valence-electron chi connectivity index (χ0n) is 19.2. The largest absolute Gasteiger partial charge is 0.494 e. The summed E-state index contributed by atoms with van der Waals surface area (Å²) in [5, 5.41) is 0.708. The van der Waals surface area contributed by atoms with Gasteiger partial charge in [0.05, 0.1) is 31.4 Å². The Morgan fingerprint density at radius 1 is 1.12 bits per heavy atom. The first-order valence-electron chi connectivity index (χ1n) is 11.7. The Morgan fingerprint density at radius 3 is 2.68 bits per heavy atom. The van der Waals surface area contributed by atoms with Crippen LogP contribution in [-0.2, 0) is 19.5 Å². The Labute approximate surface area is 202 Å². The number of hydrogen-bond acceptors (Lipinski definition) is 5. The molecule has 0 bridgehead atoms. The molecule has 0 spiro atoms. The van der Waals surface area contributed by atoms with Gasteiger partial charge in [-0.15, -0.1) is 11.3 Å². The van der Waals surface area contributed by atoms with Crippen molar-refractivity contribution in [2.45, 2.75) is 39.3 Å². The highest BCUT2D eigenvalue weighted by Crippen LogP contribution is 2.33. The van der Waals surface area contributed by atoms with Gasteiger partial charge in [-0.2, -0.15) is 0 Å². The molecule has 3 heterocycles. The Balaban J connectivity index is 1.34. The number of nitrogens with zero attached hydrogens (tertiary/aromatic N) is 3. The molecule has 0 radical (unpaired) electrons. The van der Waals surface area contributed by atoms with E-state index in [4.69, 9.17) is 4.74 Å². The molecule has 1 aliphatic rings. The monoisotopic (exact) mass is 473 g/mol. The summed E-state index contributed by atoms with van der Waals surface area (Å²) >= 11 is 1.52. The summed E-state index contributed by atoms with van der Waals surface area (Å²) in [5.41, 5.74) is 2.75. The van der Waals surface area contributed by atoms with E-state index in [-0.39, 0.29) is 11.5 Å². The van der Waals surface area contributed by atoms with Gasteiger partial charge in [-0.1, -0.05) is 43.7 Å². The van der Waals surface area contributed by atoms with Gasteiger partial charge in [0.25, 0.3) is 11.5 Å². The van der Waals surface area contributed by atoms with E-state index in [1.54, 1.807) is 10.9 Å². The molecule has 1 amide bonds. The molecule has 0 N–H and O–H groups in total. The van der Waals surface area contributed by atoms with E-state index in [2.05, 4.69) is 11.9 Å². The first kappa shape index (κ1) is 22.3. The van der Waals surface area contributed by atoms with Crippen LogP contribution in [0.3, 0.4) is 0 Å². The number of amides is 1. The molecule has 1 aliphatic heterocycles. The van der Waals surface area contributed by atoms with Crippen LogP contribution in [0.4, 0.5) is 0 Å². The number of benzene rings is 2. The van der Waals surface area contributed by atoms with Crippen LogP contribution in [0.25, 0.3) is 10.2 Å². The zero-order valence-corrected chi connectivity index (χ0v) is 20.0. The second kappa shape index (κ2) is 9.81. The lowest BCUT2D eigenvalue weighted by atomic mass is 10.0. The predicted molar refractivity (Wildman–Crippen MR) is 135 cm³/mol. The Bertz CT molecular complexity index is 1360. The van der Waals surface area contributed by atoms with Crippen LogP contribution in [-0.4, -0.2) is 33.5 Å². The van der Waals surface area contributed by atoms with Crippen molar-refractivity contribution in [3.05, 3.63) is 92.8 Å². The summed E-state index contributed by atoms with van der Waals surface area (Å²) in [4.78, 5) is 34.6. The number of carbonyl (C=O) groups is 1. The van der Waals surface area contributed by atoms with Gasteiger partial charge >= 0.3 is 0 Å². The maximum atomic E-state index is 13.3. The summed E-state index contributed by atoms with van der Waals surface area (Å²) < 4.78 is 7.38. The van der Waals surface area contributed by atoms with Crippen molar-refractivity contribution in [2.75, 3.05) is 13.2 Å². The summed E-state index contributed by atoms with van der Waals surface area (Å²) in [7, 11) is 0. The zero-order chi connectivity index (χ0) is 23.5. The molecule has 4 aromatic rings. The van der Waals surface area contributed by atoms with Crippen molar-refractivity contribution < 1.29 is 9.53 Å². The average molecular weight is 474 g/mol. The lowest BCUT2D eigenvalue weighted by Gasteiger charge is -2.27. The number of hydrogen-bond donors (Lipinski definition) is 0. The summed E-state index contributed by atoms with van der Waals surface area (Å²) in [6.45, 7) is 4.39. The molecule has 2 aromatic heterocycles. The second-order valence-electron chi connectivity index (χ2n) is 8.55. The van der Waals surface area contributed by atoms with Crippen molar-refractivity contribution >= 4 is 27.5 Å². The molecule has 0 saturated carbocycles. The third kappa shape index (κ3) is 4.48. The summed E-state index contributed by atoms with van der Waals surface area (Å²) in [6.07, 6.45) is 4.39. The number of fused-ring (bicyclic) bond motifs is 3. The van der Waals surface area contributed by atoms with Crippen LogP contribution in [0.1, 0.15) is 46.1 Å². The van der Waals surface area contributed by atoms with Gasteiger partial charge in [-0.25, -0.2) is 4.98 Å². The standard InChI is InChI=1S/C27H27N3O3S/c1-2-3-15-33-21-11-9-20(10-12-21)26(31)29-14-13-22-23(17-29)34-25-24(22)27(32)30(18-28-25)16-19-7-5-4-6-8-19/h4-12,18H,2-3,13-17H2,1H3. The highest BCUT2D eigenvalue weighted by Gasteiger charge is 2.27. The maximum Gasteiger partial charge on any atom is 0.262 e. The van der Waals surface area contributed by atoms with E-state index >= 15 is 0 Å². The van der Waals surface area contributed by atoms with Crippen LogP contribution in [0.15, 0.2) is 65.7 Å². The van der Waals surface area contributed by atoms with E-state index < -0.39 is 0 Å². The van der Waals surface area contributed by atoms with Gasteiger partial charge in [-0.3, -0.25) is 14.2 Å². The van der Waals surface area contributed by atoms with Crippen molar-refractivity contribution in [3.63, 3.8) is 0 Å². The lowest BCUT2D eigenvalue weighted by Crippen LogP contribution is -2.35. The SMILES string of the molecule is CCCCOc1ccc(C(=O)N2CCc3c(sc4ncn(Cc5ccccc5)c(=O)c34)C2)cc1. The quantitative estimate of drug-likeness (QED) is 0.359. The Kier molecular flexibility index (Phi) is 6.45. The Morgan fingerprint density at radius 2 is 1.91 bits per heavy atom. The van der Waals surface area contributed by atoms with Gasteiger partial charge in [0.15, 0.2) is 0 Å². The number of ether oxygens (including phenoxy) is 1. The third-order valence-corrected chi connectivity index (χ3v) is 7.30. The van der Waals surface area contributed by atoms with Crippen molar-refractivity contribution in [1.29, 1.82) is 0 Å². The van der Waals surface area contributed by atoms with Gasteiger partial charge in [0.2, 0.25) is 0 Å². The van der Waals surface area contributed by atoms with E-state index in [1.807, 2.05) is 59.5 Å².